The molecular weight excluding hydrogens is 206 g/mol. The topological polar surface area (TPSA) is 61.7 Å². The number of hydrogen-bond donors (Lipinski definition) is 3. The van der Waals surface area contributed by atoms with Gasteiger partial charge in [-0.1, -0.05) is 6.07 Å². The first-order valence-corrected chi connectivity index (χ1v) is 5.19. The van der Waals surface area contributed by atoms with Crippen molar-refractivity contribution in [2.24, 2.45) is 0 Å². The van der Waals surface area contributed by atoms with Crippen molar-refractivity contribution in [2.45, 2.75) is 25.9 Å². The minimum absolute atomic E-state index is 0.0670. The second-order valence-electron chi connectivity index (χ2n) is 4.48. The lowest BCUT2D eigenvalue weighted by Gasteiger charge is -2.25. The average Bonchev–Trinajstić information content (AvgIpc) is 2.16. The summed E-state index contributed by atoms with van der Waals surface area (Å²) in [5.41, 5.74) is 0.598. The van der Waals surface area contributed by atoms with Crippen molar-refractivity contribution >= 4 is 0 Å². The second kappa shape index (κ2) is 5.18. The Bertz CT molecular complexity index is 350. The van der Waals surface area contributed by atoms with Crippen LogP contribution in [0.5, 0.6) is 11.5 Å². The van der Waals surface area contributed by atoms with Gasteiger partial charge in [0.1, 0.15) is 11.5 Å². The molecule has 0 amide bonds. The summed E-state index contributed by atoms with van der Waals surface area (Å²) in [4.78, 5) is 0. The summed E-state index contributed by atoms with van der Waals surface area (Å²) in [5, 5.41) is 22.0. The Labute approximate surface area is 95.9 Å². The summed E-state index contributed by atoms with van der Waals surface area (Å²) in [6.07, 6.45) is 0. The van der Waals surface area contributed by atoms with E-state index in [2.05, 4.69) is 5.32 Å². The SMILES string of the molecule is COCC(C)(C)NCc1ccc(O)cc1O. The van der Waals surface area contributed by atoms with Crippen molar-refractivity contribution in [3.8, 4) is 11.5 Å². The number of phenolic OH excluding ortho intramolecular Hbond substituents is 2. The molecule has 0 fully saturated rings. The standard InChI is InChI=1S/C12H19NO3/c1-12(2,8-16-3)13-7-9-4-5-10(14)6-11(9)15/h4-6,13-15H,7-8H2,1-3H3. The zero-order chi connectivity index (χ0) is 12.2. The van der Waals surface area contributed by atoms with E-state index in [1.54, 1.807) is 19.2 Å². The molecule has 16 heavy (non-hydrogen) atoms. The van der Waals surface area contributed by atoms with Crippen LogP contribution in [0.15, 0.2) is 18.2 Å². The van der Waals surface area contributed by atoms with E-state index >= 15 is 0 Å². The molecule has 0 heterocycles. The molecule has 0 aromatic heterocycles. The molecule has 4 nitrogen and oxygen atoms in total. The molecule has 4 heteroatoms. The number of nitrogens with one attached hydrogen (secondary N) is 1. The molecular formula is C12H19NO3. The Morgan fingerprint density at radius 2 is 2.00 bits per heavy atom. The van der Waals surface area contributed by atoms with Crippen molar-refractivity contribution < 1.29 is 14.9 Å². The van der Waals surface area contributed by atoms with Gasteiger partial charge in [-0.15, -0.1) is 0 Å². The highest BCUT2D eigenvalue weighted by Gasteiger charge is 2.16. The Kier molecular flexibility index (Phi) is 4.15. The maximum atomic E-state index is 9.59. The molecule has 0 saturated heterocycles. The van der Waals surface area contributed by atoms with Crippen LogP contribution in [0.3, 0.4) is 0 Å². The van der Waals surface area contributed by atoms with E-state index in [9.17, 15) is 5.11 Å². The Balaban J connectivity index is 2.61. The maximum Gasteiger partial charge on any atom is 0.123 e. The predicted molar refractivity (Wildman–Crippen MR) is 62.6 cm³/mol. The third kappa shape index (κ3) is 3.72. The van der Waals surface area contributed by atoms with Gasteiger partial charge in [0.25, 0.3) is 0 Å². The van der Waals surface area contributed by atoms with Gasteiger partial charge in [-0.3, -0.25) is 0 Å². The lowest BCUT2D eigenvalue weighted by atomic mass is 10.1. The first-order valence-electron chi connectivity index (χ1n) is 5.19. The van der Waals surface area contributed by atoms with Crippen LogP contribution < -0.4 is 5.32 Å². The van der Waals surface area contributed by atoms with Gasteiger partial charge < -0.3 is 20.3 Å². The number of benzene rings is 1. The molecule has 0 aliphatic rings. The molecule has 90 valence electrons. The normalized spacial score (nSPS) is 11.7. The number of rotatable bonds is 5. The van der Waals surface area contributed by atoms with Crippen LogP contribution in [0.1, 0.15) is 19.4 Å². The second-order valence-corrected chi connectivity index (χ2v) is 4.48. The molecule has 1 aromatic carbocycles. The summed E-state index contributed by atoms with van der Waals surface area (Å²) >= 11 is 0. The molecule has 0 aliphatic heterocycles. The first-order chi connectivity index (χ1) is 7.44. The average molecular weight is 225 g/mol. The highest BCUT2D eigenvalue weighted by molar-refractivity contribution is 5.38. The molecule has 0 spiro atoms. The van der Waals surface area contributed by atoms with Crippen molar-refractivity contribution in [3.05, 3.63) is 23.8 Å². The lowest BCUT2D eigenvalue weighted by Crippen LogP contribution is -2.42. The van der Waals surface area contributed by atoms with Crippen molar-refractivity contribution in [2.75, 3.05) is 13.7 Å². The molecule has 0 radical (unpaired) electrons. The Hall–Kier alpha value is -1.26. The Morgan fingerprint density at radius 3 is 2.56 bits per heavy atom. The predicted octanol–water partition coefficient (Wildman–Crippen LogP) is 1.61. The van der Waals surface area contributed by atoms with Gasteiger partial charge in [-0.25, -0.2) is 0 Å². The monoisotopic (exact) mass is 225 g/mol. The molecule has 0 atom stereocenters. The van der Waals surface area contributed by atoms with Crippen LogP contribution >= 0.6 is 0 Å². The van der Waals surface area contributed by atoms with Crippen LogP contribution in [0.4, 0.5) is 0 Å². The molecule has 1 rings (SSSR count). The van der Waals surface area contributed by atoms with E-state index in [-0.39, 0.29) is 17.0 Å². The van der Waals surface area contributed by atoms with Crippen LogP contribution in [0, 0.1) is 0 Å². The van der Waals surface area contributed by atoms with Gasteiger partial charge in [0.05, 0.1) is 6.61 Å². The highest BCUT2D eigenvalue weighted by Crippen LogP contribution is 2.22. The third-order valence-electron chi connectivity index (χ3n) is 2.33. The molecule has 0 saturated carbocycles. The van der Waals surface area contributed by atoms with E-state index in [0.717, 1.165) is 5.56 Å². The van der Waals surface area contributed by atoms with Gasteiger partial charge >= 0.3 is 0 Å². The molecule has 0 bridgehead atoms. The third-order valence-corrected chi connectivity index (χ3v) is 2.33. The first kappa shape index (κ1) is 12.8. The largest absolute Gasteiger partial charge is 0.508 e. The summed E-state index contributed by atoms with van der Waals surface area (Å²) in [6.45, 7) is 5.16. The number of phenols is 2. The smallest absolute Gasteiger partial charge is 0.123 e. The Morgan fingerprint density at radius 1 is 1.31 bits per heavy atom. The maximum absolute atomic E-state index is 9.59. The van der Waals surface area contributed by atoms with E-state index < -0.39 is 0 Å². The number of methoxy groups -OCH3 is 1. The van der Waals surface area contributed by atoms with Crippen LogP contribution in [-0.4, -0.2) is 29.5 Å². The minimum atomic E-state index is -0.154. The number of ether oxygens (including phenoxy) is 1. The highest BCUT2D eigenvalue weighted by atomic mass is 16.5. The number of aromatic hydroxyl groups is 2. The quantitative estimate of drug-likeness (QED) is 0.712. The van der Waals surface area contributed by atoms with Gasteiger partial charge in [0.2, 0.25) is 0 Å². The summed E-state index contributed by atoms with van der Waals surface area (Å²) in [6, 6.07) is 4.58. The van der Waals surface area contributed by atoms with Gasteiger partial charge in [-0.2, -0.15) is 0 Å². The zero-order valence-corrected chi connectivity index (χ0v) is 9.95. The molecule has 0 unspecified atom stereocenters. The summed E-state index contributed by atoms with van der Waals surface area (Å²) in [5.74, 6) is 0.165. The van der Waals surface area contributed by atoms with Crippen molar-refractivity contribution in [1.82, 2.24) is 5.32 Å². The minimum Gasteiger partial charge on any atom is -0.508 e. The van der Waals surface area contributed by atoms with E-state index in [4.69, 9.17) is 9.84 Å². The fourth-order valence-corrected chi connectivity index (χ4v) is 1.45. The fourth-order valence-electron chi connectivity index (χ4n) is 1.45. The number of hydrogen-bond acceptors (Lipinski definition) is 4. The van der Waals surface area contributed by atoms with E-state index in [0.29, 0.717) is 13.2 Å². The van der Waals surface area contributed by atoms with E-state index in [1.807, 2.05) is 13.8 Å². The lowest BCUT2D eigenvalue weighted by molar-refractivity contribution is 0.127. The molecule has 0 aliphatic carbocycles. The molecule has 1 aromatic rings. The van der Waals surface area contributed by atoms with Gasteiger partial charge in [0, 0.05) is 30.8 Å². The van der Waals surface area contributed by atoms with Crippen LogP contribution in [0.2, 0.25) is 0 Å². The molecule has 3 N–H and O–H groups in total. The van der Waals surface area contributed by atoms with Crippen molar-refractivity contribution in [3.63, 3.8) is 0 Å². The summed E-state index contributed by atoms with van der Waals surface area (Å²) < 4.78 is 5.08. The fraction of sp³-hybridized carbons (Fsp3) is 0.500. The van der Waals surface area contributed by atoms with E-state index in [1.165, 1.54) is 6.07 Å². The van der Waals surface area contributed by atoms with Gasteiger partial charge in [0.15, 0.2) is 0 Å². The zero-order valence-electron chi connectivity index (χ0n) is 9.95. The van der Waals surface area contributed by atoms with Gasteiger partial charge in [-0.05, 0) is 19.9 Å². The van der Waals surface area contributed by atoms with Crippen LogP contribution in [-0.2, 0) is 11.3 Å². The summed E-state index contributed by atoms with van der Waals surface area (Å²) in [7, 11) is 1.65. The van der Waals surface area contributed by atoms with Crippen LogP contribution in [0.25, 0.3) is 0 Å². The van der Waals surface area contributed by atoms with Crippen molar-refractivity contribution in [1.29, 1.82) is 0 Å².